The monoisotopic (exact) mass is 336 g/mol. The highest BCUT2D eigenvalue weighted by Gasteiger charge is 2.18. The van der Waals surface area contributed by atoms with Crippen molar-refractivity contribution in [3.63, 3.8) is 0 Å². The molecule has 0 spiro atoms. The van der Waals surface area contributed by atoms with Gasteiger partial charge in [0.05, 0.1) is 4.90 Å². The van der Waals surface area contributed by atoms with Crippen LogP contribution in [0.15, 0.2) is 53.4 Å². The highest BCUT2D eigenvalue weighted by molar-refractivity contribution is 7.89. The van der Waals surface area contributed by atoms with Gasteiger partial charge < -0.3 is 5.32 Å². The third-order valence-corrected chi connectivity index (χ3v) is 5.05. The Hall–Kier alpha value is -2.25. The Morgan fingerprint density at radius 3 is 2.39 bits per heavy atom. The standard InChI is InChI=1S/C16H17FN2O3S/c1-19(2)23(21,22)15-5-3-4-13(10-15)16(20)18-11-12-6-8-14(17)9-7-12/h3-10H,11H2,1-2H3,(H,18,20). The highest BCUT2D eigenvalue weighted by Crippen LogP contribution is 2.15. The summed E-state index contributed by atoms with van der Waals surface area (Å²) in [5.74, 6) is -0.744. The first-order valence-corrected chi connectivity index (χ1v) is 8.30. The van der Waals surface area contributed by atoms with Crippen molar-refractivity contribution in [2.24, 2.45) is 0 Å². The van der Waals surface area contributed by atoms with Gasteiger partial charge in [-0.3, -0.25) is 4.79 Å². The Labute approximate surface area is 134 Å². The third-order valence-electron chi connectivity index (χ3n) is 3.24. The quantitative estimate of drug-likeness (QED) is 0.908. The molecule has 5 nitrogen and oxygen atoms in total. The number of carbonyl (C=O) groups excluding carboxylic acids is 1. The van der Waals surface area contributed by atoms with Gasteiger partial charge >= 0.3 is 0 Å². The third kappa shape index (κ3) is 4.14. The van der Waals surface area contributed by atoms with Crippen LogP contribution in [0, 0.1) is 5.82 Å². The minimum Gasteiger partial charge on any atom is -0.348 e. The molecule has 1 N–H and O–H groups in total. The molecule has 7 heteroatoms. The first-order valence-electron chi connectivity index (χ1n) is 6.86. The second kappa shape index (κ2) is 6.89. The molecule has 0 heterocycles. The lowest BCUT2D eigenvalue weighted by molar-refractivity contribution is 0.0950. The molecule has 0 radical (unpaired) electrons. The predicted molar refractivity (Wildman–Crippen MR) is 84.9 cm³/mol. The summed E-state index contributed by atoms with van der Waals surface area (Å²) < 4.78 is 38.1. The number of halogens is 1. The maximum atomic E-state index is 12.8. The summed E-state index contributed by atoms with van der Waals surface area (Å²) >= 11 is 0. The molecule has 23 heavy (non-hydrogen) atoms. The second-order valence-electron chi connectivity index (χ2n) is 5.12. The summed E-state index contributed by atoms with van der Waals surface area (Å²) in [6.45, 7) is 0.226. The summed E-state index contributed by atoms with van der Waals surface area (Å²) in [4.78, 5) is 12.2. The first-order chi connectivity index (χ1) is 10.8. The van der Waals surface area contributed by atoms with Gasteiger partial charge in [-0.1, -0.05) is 18.2 Å². The molecular weight excluding hydrogens is 319 g/mol. The van der Waals surface area contributed by atoms with Crippen molar-refractivity contribution in [2.45, 2.75) is 11.4 Å². The SMILES string of the molecule is CN(C)S(=O)(=O)c1cccc(C(=O)NCc2ccc(F)cc2)c1. The van der Waals surface area contributed by atoms with Crippen molar-refractivity contribution in [1.29, 1.82) is 0 Å². The van der Waals surface area contributed by atoms with Crippen LogP contribution < -0.4 is 5.32 Å². The highest BCUT2D eigenvalue weighted by atomic mass is 32.2. The average molecular weight is 336 g/mol. The maximum Gasteiger partial charge on any atom is 0.251 e. The van der Waals surface area contributed by atoms with Crippen LogP contribution in [0.25, 0.3) is 0 Å². The fourth-order valence-electron chi connectivity index (χ4n) is 1.90. The van der Waals surface area contributed by atoms with Gasteiger partial charge in [0.1, 0.15) is 5.82 Å². The Balaban J connectivity index is 2.12. The minimum absolute atomic E-state index is 0.0527. The zero-order chi connectivity index (χ0) is 17.0. The van der Waals surface area contributed by atoms with Crippen LogP contribution in [0.1, 0.15) is 15.9 Å². The van der Waals surface area contributed by atoms with Crippen molar-refractivity contribution in [3.05, 3.63) is 65.5 Å². The number of nitrogens with zero attached hydrogens (tertiary/aromatic N) is 1. The predicted octanol–water partition coefficient (Wildman–Crippen LogP) is 2.01. The smallest absolute Gasteiger partial charge is 0.251 e. The van der Waals surface area contributed by atoms with Crippen molar-refractivity contribution >= 4 is 15.9 Å². The molecule has 0 aliphatic carbocycles. The number of hydrogen-bond acceptors (Lipinski definition) is 3. The van der Waals surface area contributed by atoms with E-state index in [9.17, 15) is 17.6 Å². The average Bonchev–Trinajstić information content (AvgIpc) is 2.54. The molecule has 0 fully saturated rings. The first kappa shape index (κ1) is 17.1. The molecule has 0 aliphatic heterocycles. The van der Waals surface area contributed by atoms with E-state index in [0.717, 1.165) is 9.87 Å². The number of carbonyl (C=O) groups is 1. The van der Waals surface area contributed by atoms with E-state index in [0.29, 0.717) is 0 Å². The van der Waals surface area contributed by atoms with E-state index in [1.165, 1.54) is 50.5 Å². The largest absolute Gasteiger partial charge is 0.348 e. The van der Waals surface area contributed by atoms with Gasteiger partial charge in [-0.2, -0.15) is 0 Å². The fourth-order valence-corrected chi connectivity index (χ4v) is 2.84. The van der Waals surface area contributed by atoms with Crippen LogP contribution in [-0.2, 0) is 16.6 Å². The molecule has 0 aliphatic rings. The number of rotatable bonds is 5. The van der Waals surface area contributed by atoms with Crippen molar-refractivity contribution < 1.29 is 17.6 Å². The van der Waals surface area contributed by atoms with Gasteiger partial charge in [0, 0.05) is 26.2 Å². The summed E-state index contributed by atoms with van der Waals surface area (Å²) in [7, 11) is -0.739. The lowest BCUT2D eigenvalue weighted by atomic mass is 10.2. The molecule has 0 atom stereocenters. The molecule has 0 unspecified atom stereocenters. The number of hydrogen-bond donors (Lipinski definition) is 1. The summed E-state index contributed by atoms with van der Waals surface area (Å²) in [6.07, 6.45) is 0. The van der Waals surface area contributed by atoms with Crippen LogP contribution in [0.5, 0.6) is 0 Å². The van der Waals surface area contributed by atoms with Gasteiger partial charge in [-0.05, 0) is 35.9 Å². The van der Waals surface area contributed by atoms with Crippen LogP contribution in [-0.4, -0.2) is 32.7 Å². The lowest BCUT2D eigenvalue weighted by Gasteiger charge is -2.12. The molecule has 1 amide bonds. The second-order valence-corrected chi connectivity index (χ2v) is 7.28. The van der Waals surface area contributed by atoms with Gasteiger partial charge in [-0.25, -0.2) is 17.1 Å². The molecule has 2 rings (SSSR count). The Morgan fingerprint density at radius 1 is 1.13 bits per heavy atom. The van der Waals surface area contributed by atoms with E-state index in [1.807, 2.05) is 0 Å². The Bertz CT molecular complexity index is 802. The van der Waals surface area contributed by atoms with Crippen molar-refractivity contribution in [3.8, 4) is 0 Å². The van der Waals surface area contributed by atoms with Gasteiger partial charge in [0.15, 0.2) is 0 Å². The molecule has 122 valence electrons. The topological polar surface area (TPSA) is 66.5 Å². The van der Waals surface area contributed by atoms with E-state index in [1.54, 1.807) is 12.1 Å². The van der Waals surface area contributed by atoms with Gasteiger partial charge in [0.25, 0.3) is 5.91 Å². The van der Waals surface area contributed by atoms with E-state index in [-0.39, 0.29) is 22.8 Å². The van der Waals surface area contributed by atoms with Crippen LogP contribution in [0.4, 0.5) is 4.39 Å². The number of sulfonamides is 1. The van der Waals surface area contributed by atoms with E-state index < -0.39 is 15.9 Å². The van der Waals surface area contributed by atoms with E-state index in [2.05, 4.69) is 5.32 Å². The van der Waals surface area contributed by atoms with Gasteiger partial charge in [0.2, 0.25) is 10.0 Å². The Morgan fingerprint density at radius 2 is 1.78 bits per heavy atom. The molecule has 0 aromatic heterocycles. The summed E-state index contributed by atoms with van der Waals surface area (Å²) in [6, 6.07) is 11.6. The molecule has 0 bridgehead atoms. The zero-order valence-corrected chi connectivity index (χ0v) is 13.6. The van der Waals surface area contributed by atoms with Crippen molar-refractivity contribution in [1.82, 2.24) is 9.62 Å². The molecule has 2 aromatic carbocycles. The van der Waals surface area contributed by atoms with Gasteiger partial charge in [-0.15, -0.1) is 0 Å². The van der Waals surface area contributed by atoms with E-state index >= 15 is 0 Å². The maximum absolute atomic E-state index is 12.8. The number of nitrogens with one attached hydrogen (secondary N) is 1. The van der Waals surface area contributed by atoms with Crippen LogP contribution in [0.2, 0.25) is 0 Å². The van der Waals surface area contributed by atoms with Crippen LogP contribution >= 0.6 is 0 Å². The molecule has 0 saturated carbocycles. The zero-order valence-electron chi connectivity index (χ0n) is 12.8. The van der Waals surface area contributed by atoms with E-state index in [4.69, 9.17) is 0 Å². The Kier molecular flexibility index (Phi) is 5.12. The number of benzene rings is 2. The molecular formula is C16H17FN2O3S. The molecule has 0 saturated heterocycles. The summed E-state index contributed by atoms with van der Waals surface area (Å²) in [5, 5.41) is 2.67. The fraction of sp³-hybridized carbons (Fsp3) is 0.188. The molecule has 2 aromatic rings. The lowest BCUT2D eigenvalue weighted by Crippen LogP contribution is -2.25. The van der Waals surface area contributed by atoms with Crippen LogP contribution in [0.3, 0.4) is 0 Å². The summed E-state index contributed by atoms with van der Waals surface area (Å²) in [5.41, 5.74) is 0.992. The number of amides is 1. The normalized spacial score (nSPS) is 11.5. The minimum atomic E-state index is -3.59. The van der Waals surface area contributed by atoms with Crippen molar-refractivity contribution in [2.75, 3.05) is 14.1 Å².